The smallest absolute Gasteiger partial charge is 0.0730 e. The van der Waals surface area contributed by atoms with E-state index >= 15 is 0 Å². The summed E-state index contributed by atoms with van der Waals surface area (Å²) in [6.07, 6.45) is 1.93. The Kier molecular flexibility index (Phi) is 6.93. The molecule has 4 aromatic carbocycles. The summed E-state index contributed by atoms with van der Waals surface area (Å²) in [5.41, 5.74) is 13.2. The average molecular weight is 586 g/mol. The maximum atomic E-state index is 5.21. The molecule has 3 nitrogen and oxygen atoms in total. The normalized spacial score (nSPS) is 12.2. The Morgan fingerprint density at radius 1 is 0.467 bits per heavy atom. The predicted octanol–water partition coefficient (Wildman–Crippen LogP) is 11.4. The topological polar surface area (TPSA) is 41.6 Å². The third-order valence-corrected chi connectivity index (χ3v) is 8.79. The number of aromatic amines is 1. The van der Waals surface area contributed by atoms with E-state index in [1.165, 1.54) is 27.5 Å². The van der Waals surface area contributed by atoms with Crippen molar-refractivity contribution in [3.05, 3.63) is 133 Å². The van der Waals surface area contributed by atoms with E-state index in [0.29, 0.717) is 0 Å². The maximum Gasteiger partial charge on any atom is 0.0730 e. The Balaban J connectivity index is 1.53. The number of hydrogen-bond acceptors (Lipinski definition) is 2. The predicted molar refractivity (Wildman–Crippen MR) is 191 cm³/mol. The van der Waals surface area contributed by atoms with Crippen molar-refractivity contribution in [3.63, 3.8) is 0 Å². The average Bonchev–Trinajstić information content (AvgIpc) is 3.43. The van der Waals surface area contributed by atoms with Gasteiger partial charge >= 0.3 is 0 Å². The van der Waals surface area contributed by atoms with E-state index in [4.69, 9.17) is 9.97 Å². The van der Waals surface area contributed by atoms with Gasteiger partial charge in [0.1, 0.15) is 0 Å². The van der Waals surface area contributed by atoms with Gasteiger partial charge in [0.25, 0.3) is 0 Å². The number of benzene rings is 4. The van der Waals surface area contributed by atoms with E-state index in [0.717, 1.165) is 50.4 Å². The van der Waals surface area contributed by atoms with Gasteiger partial charge in [0.2, 0.25) is 0 Å². The van der Waals surface area contributed by atoms with E-state index < -0.39 is 0 Å². The fourth-order valence-electron chi connectivity index (χ4n) is 6.12. The molecule has 0 atom stereocenters. The molecule has 0 amide bonds. The summed E-state index contributed by atoms with van der Waals surface area (Å²) in [7, 11) is 0. The molecular formula is C42H39N3. The van der Waals surface area contributed by atoms with Crippen LogP contribution in [0.3, 0.4) is 0 Å². The van der Waals surface area contributed by atoms with Gasteiger partial charge in [-0.15, -0.1) is 0 Å². The highest BCUT2D eigenvalue weighted by Crippen LogP contribution is 2.42. The molecule has 0 unspecified atom stereocenters. The van der Waals surface area contributed by atoms with Crippen LogP contribution < -0.4 is 0 Å². The van der Waals surface area contributed by atoms with Crippen LogP contribution in [0.15, 0.2) is 121 Å². The molecule has 0 spiro atoms. The third kappa shape index (κ3) is 5.44. The molecule has 0 aliphatic rings. The van der Waals surface area contributed by atoms with Crippen LogP contribution in [0, 0.1) is 0 Å². The van der Waals surface area contributed by atoms with Gasteiger partial charge in [-0.1, -0.05) is 108 Å². The molecular weight excluding hydrogens is 546 g/mol. The lowest BCUT2D eigenvalue weighted by molar-refractivity contribution is 0.590. The van der Waals surface area contributed by atoms with Gasteiger partial charge in [-0.3, -0.25) is 4.98 Å². The number of nitrogens with one attached hydrogen (secondary N) is 1. The van der Waals surface area contributed by atoms with Crippen molar-refractivity contribution in [1.82, 2.24) is 15.0 Å². The van der Waals surface area contributed by atoms with Crippen molar-refractivity contribution in [3.8, 4) is 44.9 Å². The van der Waals surface area contributed by atoms with Crippen LogP contribution in [0.4, 0.5) is 0 Å². The van der Waals surface area contributed by atoms with Crippen LogP contribution >= 0.6 is 0 Å². The first kappa shape index (κ1) is 28.7. The van der Waals surface area contributed by atoms with Crippen molar-refractivity contribution < 1.29 is 0 Å². The summed E-state index contributed by atoms with van der Waals surface area (Å²) in [4.78, 5) is 14.0. The summed E-state index contributed by atoms with van der Waals surface area (Å²) in [5.74, 6) is 0. The Morgan fingerprint density at radius 3 is 1.58 bits per heavy atom. The van der Waals surface area contributed by atoms with Gasteiger partial charge in [0.05, 0.1) is 28.1 Å². The zero-order valence-electron chi connectivity index (χ0n) is 26.9. The molecule has 7 aromatic rings. The molecule has 0 saturated heterocycles. The summed E-state index contributed by atoms with van der Waals surface area (Å²) >= 11 is 0. The molecule has 0 radical (unpaired) electrons. The Bertz CT molecular complexity index is 2000. The minimum Gasteiger partial charge on any atom is -0.353 e. The first-order valence-corrected chi connectivity index (χ1v) is 15.8. The van der Waals surface area contributed by atoms with E-state index in [1.807, 2.05) is 12.3 Å². The van der Waals surface area contributed by atoms with E-state index in [1.54, 1.807) is 0 Å². The van der Waals surface area contributed by atoms with Crippen LogP contribution in [-0.2, 0) is 10.8 Å². The largest absolute Gasteiger partial charge is 0.353 e. The van der Waals surface area contributed by atoms with Crippen molar-refractivity contribution >= 4 is 21.8 Å². The highest BCUT2D eigenvalue weighted by atomic mass is 14.8. The molecule has 1 N–H and O–H groups in total. The molecule has 0 fully saturated rings. The molecule has 3 heteroatoms. The van der Waals surface area contributed by atoms with Gasteiger partial charge in [-0.2, -0.15) is 0 Å². The van der Waals surface area contributed by atoms with Gasteiger partial charge in [-0.05, 0) is 81.6 Å². The molecule has 222 valence electrons. The summed E-state index contributed by atoms with van der Waals surface area (Å²) in [6.45, 7) is 13.7. The molecule has 0 saturated carbocycles. The van der Waals surface area contributed by atoms with Crippen LogP contribution in [0.2, 0.25) is 0 Å². The highest BCUT2D eigenvalue weighted by Gasteiger charge is 2.24. The molecule has 0 aliphatic heterocycles. The number of H-pyrrole nitrogens is 1. The fourth-order valence-corrected chi connectivity index (χ4v) is 6.12. The van der Waals surface area contributed by atoms with Crippen LogP contribution in [-0.4, -0.2) is 15.0 Å². The van der Waals surface area contributed by atoms with Crippen LogP contribution in [0.25, 0.3) is 66.7 Å². The van der Waals surface area contributed by atoms with Crippen molar-refractivity contribution in [2.24, 2.45) is 0 Å². The molecule has 0 bridgehead atoms. The first-order valence-electron chi connectivity index (χ1n) is 15.8. The molecule has 7 rings (SSSR count). The molecule has 0 aliphatic carbocycles. The SMILES string of the molecule is CC(C)(C)c1cc(-c2cc(-c3ccccc3)ccn2)c2[nH]c3c(-c4cccc(-c5ccccc5)n4)cc(C(C)(C)C)cc3c2c1. The Hall–Kier alpha value is -5.02. The van der Waals surface area contributed by atoms with Gasteiger partial charge in [0.15, 0.2) is 0 Å². The fraction of sp³-hybridized carbons (Fsp3) is 0.190. The van der Waals surface area contributed by atoms with Crippen LogP contribution in [0.5, 0.6) is 0 Å². The molecule has 3 heterocycles. The quantitative estimate of drug-likeness (QED) is 0.223. The van der Waals surface area contributed by atoms with E-state index in [9.17, 15) is 0 Å². The van der Waals surface area contributed by atoms with E-state index in [2.05, 4.69) is 156 Å². The van der Waals surface area contributed by atoms with Gasteiger partial charge in [0, 0.05) is 33.7 Å². The minimum absolute atomic E-state index is 0.0421. The Labute approximate surface area is 266 Å². The van der Waals surface area contributed by atoms with Crippen molar-refractivity contribution in [2.75, 3.05) is 0 Å². The minimum atomic E-state index is -0.0421. The number of nitrogens with zero attached hydrogens (tertiary/aromatic N) is 2. The molecule has 3 aromatic heterocycles. The summed E-state index contributed by atoms with van der Waals surface area (Å²) in [5, 5.41) is 2.43. The number of pyridine rings is 2. The second-order valence-electron chi connectivity index (χ2n) is 14.1. The number of hydrogen-bond donors (Lipinski definition) is 1. The zero-order chi connectivity index (χ0) is 31.3. The summed E-state index contributed by atoms with van der Waals surface area (Å²) in [6, 6.07) is 41.0. The second kappa shape index (κ2) is 10.9. The zero-order valence-corrected chi connectivity index (χ0v) is 26.9. The second-order valence-corrected chi connectivity index (χ2v) is 14.1. The Morgan fingerprint density at radius 2 is 1.00 bits per heavy atom. The van der Waals surface area contributed by atoms with Crippen molar-refractivity contribution in [2.45, 2.75) is 52.4 Å². The lowest BCUT2D eigenvalue weighted by Gasteiger charge is -2.21. The lowest BCUT2D eigenvalue weighted by Crippen LogP contribution is -2.11. The highest BCUT2D eigenvalue weighted by molar-refractivity contribution is 6.15. The first-order chi connectivity index (χ1) is 21.6. The lowest BCUT2D eigenvalue weighted by atomic mass is 9.83. The van der Waals surface area contributed by atoms with Crippen LogP contribution in [0.1, 0.15) is 52.7 Å². The monoisotopic (exact) mass is 585 g/mol. The van der Waals surface area contributed by atoms with Crippen molar-refractivity contribution in [1.29, 1.82) is 0 Å². The van der Waals surface area contributed by atoms with E-state index in [-0.39, 0.29) is 10.8 Å². The maximum absolute atomic E-state index is 5.21. The number of fused-ring (bicyclic) bond motifs is 3. The standard InChI is InChI=1S/C42H39N3/c1-41(2,3)30-23-32-33-24-31(42(4,5)6)26-35(38-22-29(20-21-43-38)27-14-9-7-10-15-27)40(33)45-39(32)34(25-30)37-19-13-18-36(44-37)28-16-11-8-12-17-28/h7-26,45H,1-6H3. The van der Waals surface area contributed by atoms with Gasteiger partial charge < -0.3 is 4.98 Å². The number of aromatic nitrogens is 3. The third-order valence-electron chi connectivity index (χ3n) is 8.79. The number of rotatable bonds is 4. The van der Waals surface area contributed by atoms with Gasteiger partial charge in [-0.25, -0.2) is 4.98 Å². The molecule has 45 heavy (non-hydrogen) atoms. The summed E-state index contributed by atoms with van der Waals surface area (Å²) < 4.78 is 0.